The summed E-state index contributed by atoms with van der Waals surface area (Å²) < 4.78 is 6.10. The van der Waals surface area contributed by atoms with E-state index in [0.29, 0.717) is 5.92 Å². The molecule has 102 valence electrons. The van der Waals surface area contributed by atoms with Crippen LogP contribution in [0.25, 0.3) is 0 Å². The lowest BCUT2D eigenvalue weighted by Gasteiger charge is -2.29. The summed E-state index contributed by atoms with van der Waals surface area (Å²) in [7, 11) is 0. The summed E-state index contributed by atoms with van der Waals surface area (Å²) in [6.45, 7) is 13.9. The van der Waals surface area contributed by atoms with Gasteiger partial charge in [-0.3, -0.25) is 0 Å². The summed E-state index contributed by atoms with van der Waals surface area (Å²) in [6.07, 6.45) is 0. The Hall–Kier alpha value is -0.500. The topological polar surface area (TPSA) is 9.23 Å². The van der Waals surface area contributed by atoms with E-state index in [1.807, 2.05) is 0 Å². The fourth-order valence-corrected chi connectivity index (χ4v) is 3.02. The zero-order valence-electron chi connectivity index (χ0n) is 12.4. The molecule has 2 heteroatoms. The lowest BCUT2D eigenvalue weighted by molar-refractivity contribution is 0.164. The number of hydrogen-bond acceptors (Lipinski definition) is 1. The first kappa shape index (κ1) is 15.6. The predicted molar refractivity (Wildman–Crippen MR) is 82.9 cm³/mol. The summed E-state index contributed by atoms with van der Waals surface area (Å²) >= 11 is 3.60. The highest BCUT2D eigenvalue weighted by atomic mass is 79.9. The minimum atomic E-state index is 0.259. The number of halogens is 1. The SMILES string of the molecule is Cc1ccc(C)c(OCC(CBr)C(C)(C)C)c1C. The van der Waals surface area contributed by atoms with Gasteiger partial charge in [0.05, 0.1) is 6.61 Å². The van der Waals surface area contributed by atoms with Crippen LogP contribution in [0.1, 0.15) is 37.5 Å². The highest BCUT2D eigenvalue weighted by Crippen LogP contribution is 2.31. The number of rotatable bonds is 4. The first-order chi connectivity index (χ1) is 8.27. The van der Waals surface area contributed by atoms with Crippen LogP contribution < -0.4 is 4.74 Å². The van der Waals surface area contributed by atoms with Gasteiger partial charge >= 0.3 is 0 Å². The first-order valence-electron chi connectivity index (χ1n) is 6.53. The quantitative estimate of drug-likeness (QED) is 0.707. The predicted octanol–water partition coefficient (Wildman–Crippen LogP) is 5.05. The zero-order chi connectivity index (χ0) is 13.9. The molecule has 0 spiro atoms. The molecule has 1 aromatic rings. The molecule has 1 aromatic carbocycles. The van der Waals surface area contributed by atoms with E-state index >= 15 is 0 Å². The lowest BCUT2D eigenvalue weighted by Crippen LogP contribution is -2.28. The Kier molecular flexibility index (Phi) is 5.27. The third-order valence-electron chi connectivity index (χ3n) is 3.71. The molecular weight excluding hydrogens is 288 g/mol. The molecule has 0 aliphatic heterocycles. The Morgan fingerprint density at radius 3 is 2.17 bits per heavy atom. The van der Waals surface area contributed by atoms with E-state index in [1.54, 1.807) is 0 Å². The van der Waals surface area contributed by atoms with Crippen molar-refractivity contribution >= 4 is 15.9 Å². The molecule has 0 bridgehead atoms. The summed E-state index contributed by atoms with van der Waals surface area (Å²) in [5, 5.41) is 0.973. The third kappa shape index (κ3) is 3.74. The molecular formula is C16H25BrO. The van der Waals surface area contributed by atoms with Crippen molar-refractivity contribution in [2.24, 2.45) is 11.3 Å². The summed E-state index contributed by atoms with van der Waals surface area (Å²) in [6, 6.07) is 4.29. The molecule has 0 radical (unpaired) electrons. The Morgan fingerprint density at radius 2 is 1.67 bits per heavy atom. The maximum absolute atomic E-state index is 6.10. The molecule has 18 heavy (non-hydrogen) atoms. The maximum atomic E-state index is 6.10. The van der Waals surface area contributed by atoms with Crippen LogP contribution in [0.15, 0.2) is 12.1 Å². The molecule has 0 aromatic heterocycles. The Balaban J connectivity index is 2.83. The Bertz CT molecular complexity index is 404. The molecule has 0 amide bonds. The van der Waals surface area contributed by atoms with Gasteiger partial charge in [-0.2, -0.15) is 0 Å². The average molecular weight is 313 g/mol. The van der Waals surface area contributed by atoms with Crippen molar-refractivity contribution in [3.63, 3.8) is 0 Å². The molecule has 0 saturated carbocycles. The molecule has 1 nitrogen and oxygen atoms in total. The second kappa shape index (κ2) is 6.10. The van der Waals surface area contributed by atoms with Crippen molar-refractivity contribution in [3.05, 3.63) is 28.8 Å². The van der Waals surface area contributed by atoms with Gasteiger partial charge in [-0.1, -0.05) is 48.8 Å². The van der Waals surface area contributed by atoms with Crippen LogP contribution in [-0.4, -0.2) is 11.9 Å². The van der Waals surface area contributed by atoms with Crippen molar-refractivity contribution in [3.8, 4) is 5.75 Å². The van der Waals surface area contributed by atoms with E-state index in [2.05, 4.69) is 69.6 Å². The van der Waals surface area contributed by atoms with E-state index in [1.165, 1.54) is 16.7 Å². The molecule has 0 aliphatic rings. The molecule has 1 unspecified atom stereocenters. The van der Waals surface area contributed by atoms with Crippen LogP contribution in [0.5, 0.6) is 5.75 Å². The summed E-state index contributed by atoms with van der Waals surface area (Å²) in [4.78, 5) is 0. The van der Waals surface area contributed by atoms with Crippen LogP contribution in [0.3, 0.4) is 0 Å². The monoisotopic (exact) mass is 312 g/mol. The van der Waals surface area contributed by atoms with Crippen molar-refractivity contribution in [1.29, 1.82) is 0 Å². The van der Waals surface area contributed by atoms with Gasteiger partial charge < -0.3 is 4.74 Å². The fraction of sp³-hybridized carbons (Fsp3) is 0.625. The van der Waals surface area contributed by atoms with Crippen LogP contribution in [0.2, 0.25) is 0 Å². The van der Waals surface area contributed by atoms with E-state index < -0.39 is 0 Å². The molecule has 1 atom stereocenters. The Labute approximate surface area is 120 Å². The van der Waals surface area contributed by atoms with E-state index in [-0.39, 0.29) is 5.41 Å². The van der Waals surface area contributed by atoms with Crippen molar-refractivity contribution in [2.75, 3.05) is 11.9 Å². The fourth-order valence-electron chi connectivity index (χ4n) is 1.86. The highest BCUT2D eigenvalue weighted by molar-refractivity contribution is 9.09. The second-order valence-corrected chi connectivity index (χ2v) is 6.83. The number of ether oxygens (including phenoxy) is 1. The van der Waals surface area contributed by atoms with Gasteiger partial charge in [-0.05, 0) is 42.9 Å². The lowest BCUT2D eigenvalue weighted by atomic mass is 9.83. The molecule has 0 saturated heterocycles. The van der Waals surface area contributed by atoms with Crippen LogP contribution in [0.4, 0.5) is 0 Å². The normalized spacial score (nSPS) is 13.5. The smallest absolute Gasteiger partial charge is 0.125 e. The number of hydrogen-bond donors (Lipinski definition) is 0. The minimum absolute atomic E-state index is 0.259. The van der Waals surface area contributed by atoms with Crippen molar-refractivity contribution in [2.45, 2.75) is 41.5 Å². The number of aryl methyl sites for hydroxylation is 2. The zero-order valence-corrected chi connectivity index (χ0v) is 14.0. The van der Waals surface area contributed by atoms with Crippen LogP contribution in [0, 0.1) is 32.1 Å². The van der Waals surface area contributed by atoms with Crippen LogP contribution >= 0.6 is 15.9 Å². The molecule has 1 rings (SSSR count). The standard InChI is InChI=1S/C16H25BrO/c1-11-7-8-12(2)15(13(11)3)18-10-14(9-17)16(4,5)6/h7-8,14H,9-10H2,1-6H3. The van der Waals surface area contributed by atoms with Gasteiger partial charge in [-0.15, -0.1) is 0 Å². The summed E-state index contributed by atoms with van der Waals surface area (Å²) in [5.41, 5.74) is 4.04. The number of alkyl halides is 1. The van der Waals surface area contributed by atoms with E-state index in [4.69, 9.17) is 4.74 Å². The van der Waals surface area contributed by atoms with Gasteiger partial charge in [0.2, 0.25) is 0 Å². The van der Waals surface area contributed by atoms with Gasteiger partial charge in [0.1, 0.15) is 5.75 Å². The molecule has 0 fully saturated rings. The van der Waals surface area contributed by atoms with E-state index in [0.717, 1.165) is 17.7 Å². The van der Waals surface area contributed by atoms with Crippen LogP contribution in [-0.2, 0) is 0 Å². The Morgan fingerprint density at radius 1 is 1.11 bits per heavy atom. The maximum Gasteiger partial charge on any atom is 0.125 e. The van der Waals surface area contributed by atoms with Gasteiger partial charge in [0.25, 0.3) is 0 Å². The van der Waals surface area contributed by atoms with Crippen molar-refractivity contribution < 1.29 is 4.74 Å². The average Bonchev–Trinajstić information content (AvgIpc) is 2.27. The third-order valence-corrected chi connectivity index (χ3v) is 4.50. The highest BCUT2D eigenvalue weighted by Gasteiger charge is 2.24. The molecule has 0 aliphatic carbocycles. The first-order valence-corrected chi connectivity index (χ1v) is 7.65. The number of benzene rings is 1. The van der Waals surface area contributed by atoms with E-state index in [9.17, 15) is 0 Å². The van der Waals surface area contributed by atoms with Gasteiger partial charge in [0, 0.05) is 11.2 Å². The minimum Gasteiger partial charge on any atom is -0.493 e. The second-order valence-electron chi connectivity index (χ2n) is 6.18. The van der Waals surface area contributed by atoms with Crippen molar-refractivity contribution in [1.82, 2.24) is 0 Å². The van der Waals surface area contributed by atoms with Gasteiger partial charge in [-0.25, -0.2) is 0 Å². The largest absolute Gasteiger partial charge is 0.493 e. The molecule has 0 heterocycles. The van der Waals surface area contributed by atoms with Gasteiger partial charge in [0.15, 0.2) is 0 Å². The molecule has 0 N–H and O–H groups in total. The summed E-state index contributed by atoms with van der Waals surface area (Å²) in [5.74, 6) is 1.57.